The van der Waals surface area contributed by atoms with Gasteiger partial charge in [0.2, 0.25) is 0 Å². The maximum Gasteiger partial charge on any atom is 0.0840 e. The summed E-state index contributed by atoms with van der Waals surface area (Å²) < 4.78 is 1.99. The van der Waals surface area contributed by atoms with Crippen molar-refractivity contribution in [3.05, 3.63) is 68.3 Å². The van der Waals surface area contributed by atoms with Crippen LogP contribution in [0.25, 0.3) is 16.9 Å². The fourth-order valence-corrected chi connectivity index (χ4v) is 4.42. The Morgan fingerprint density at radius 3 is 2.42 bits per heavy atom. The van der Waals surface area contributed by atoms with Crippen molar-refractivity contribution < 1.29 is 0 Å². The normalized spacial score (nSPS) is 13.5. The maximum absolute atomic E-state index is 6.52. The molecule has 26 heavy (non-hydrogen) atoms. The van der Waals surface area contributed by atoms with Crippen molar-refractivity contribution in [1.29, 1.82) is 0 Å². The first-order valence-corrected chi connectivity index (χ1v) is 9.95. The summed E-state index contributed by atoms with van der Waals surface area (Å²) in [4.78, 5) is 0. The highest BCUT2D eigenvalue weighted by Gasteiger charge is 2.26. The molecule has 0 bridgehead atoms. The average molecular weight is 406 g/mol. The first-order valence-electron chi connectivity index (χ1n) is 8.81. The van der Waals surface area contributed by atoms with E-state index in [4.69, 9.17) is 39.9 Å². The van der Waals surface area contributed by atoms with E-state index in [-0.39, 0.29) is 0 Å². The highest BCUT2D eigenvalue weighted by Crippen LogP contribution is 2.40. The van der Waals surface area contributed by atoms with Crippen molar-refractivity contribution in [2.75, 3.05) is 0 Å². The Hall–Kier alpha value is -1.48. The average Bonchev–Trinajstić information content (AvgIpc) is 2.85. The predicted molar refractivity (Wildman–Crippen MR) is 110 cm³/mol. The molecule has 0 atom stereocenters. The Balaban J connectivity index is 2.04. The number of halogens is 3. The Labute approximate surface area is 168 Å². The third-order valence-corrected chi connectivity index (χ3v) is 5.67. The molecule has 2 nitrogen and oxygen atoms in total. The van der Waals surface area contributed by atoms with Gasteiger partial charge >= 0.3 is 0 Å². The van der Waals surface area contributed by atoms with E-state index in [0.717, 1.165) is 41.4 Å². The molecule has 0 unspecified atom stereocenters. The molecule has 0 N–H and O–H groups in total. The van der Waals surface area contributed by atoms with Gasteiger partial charge in [0.15, 0.2) is 0 Å². The van der Waals surface area contributed by atoms with Gasteiger partial charge in [-0.1, -0.05) is 54.7 Å². The molecule has 0 aliphatic heterocycles. The topological polar surface area (TPSA) is 17.8 Å². The van der Waals surface area contributed by atoms with Gasteiger partial charge in [0.05, 0.1) is 22.1 Å². The quantitative estimate of drug-likeness (QED) is 0.444. The SMILES string of the molecule is CC(C)c1nn(-c2ccc(Cl)cc2Cl)c2c1CCCc1cc(Cl)ccc1-2. The van der Waals surface area contributed by atoms with Crippen molar-refractivity contribution in [2.45, 2.75) is 39.0 Å². The third kappa shape index (κ3) is 3.05. The molecule has 4 rings (SSSR count). The van der Waals surface area contributed by atoms with E-state index in [1.807, 2.05) is 22.9 Å². The number of aromatic nitrogens is 2. The van der Waals surface area contributed by atoms with E-state index in [1.54, 1.807) is 6.07 Å². The van der Waals surface area contributed by atoms with Crippen molar-refractivity contribution in [2.24, 2.45) is 0 Å². The van der Waals surface area contributed by atoms with Crippen LogP contribution in [0.15, 0.2) is 36.4 Å². The van der Waals surface area contributed by atoms with Crippen molar-refractivity contribution >= 4 is 34.8 Å². The van der Waals surface area contributed by atoms with Gasteiger partial charge in [0.1, 0.15) is 0 Å². The summed E-state index contributed by atoms with van der Waals surface area (Å²) in [7, 11) is 0. The first kappa shape index (κ1) is 17.9. The molecule has 0 fully saturated rings. The van der Waals surface area contributed by atoms with Crippen LogP contribution in [-0.2, 0) is 12.8 Å². The maximum atomic E-state index is 6.52. The molecule has 2 aromatic carbocycles. The molecular formula is C21H19Cl3N2. The fraction of sp³-hybridized carbons (Fsp3) is 0.286. The van der Waals surface area contributed by atoms with Crippen molar-refractivity contribution in [1.82, 2.24) is 9.78 Å². The zero-order valence-electron chi connectivity index (χ0n) is 14.7. The van der Waals surface area contributed by atoms with E-state index in [1.165, 1.54) is 16.7 Å². The molecular weight excluding hydrogens is 387 g/mol. The van der Waals surface area contributed by atoms with Gasteiger partial charge in [-0.05, 0) is 61.1 Å². The van der Waals surface area contributed by atoms with E-state index in [9.17, 15) is 0 Å². The van der Waals surface area contributed by atoms with Crippen LogP contribution in [0.4, 0.5) is 0 Å². The summed E-state index contributed by atoms with van der Waals surface area (Å²) in [5.74, 6) is 0.338. The number of hydrogen-bond acceptors (Lipinski definition) is 1. The second-order valence-corrected chi connectivity index (χ2v) is 8.31. The van der Waals surface area contributed by atoms with Crippen LogP contribution in [0.2, 0.25) is 15.1 Å². The molecule has 5 heteroatoms. The number of rotatable bonds is 2. The summed E-state index contributed by atoms with van der Waals surface area (Å²) in [6.45, 7) is 4.37. The van der Waals surface area contributed by atoms with E-state index >= 15 is 0 Å². The number of fused-ring (bicyclic) bond motifs is 3. The molecule has 1 aliphatic carbocycles. The Bertz CT molecular complexity index is 989. The standard InChI is InChI=1S/C21H19Cl3N2/c1-12(2)20-17-5-3-4-13-10-14(22)6-8-16(13)21(17)26(25-20)19-9-7-15(23)11-18(19)24/h6-12H,3-5H2,1-2H3. The monoisotopic (exact) mass is 404 g/mol. The van der Waals surface area contributed by atoms with E-state index < -0.39 is 0 Å². The largest absolute Gasteiger partial charge is 0.231 e. The summed E-state index contributed by atoms with van der Waals surface area (Å²) in [5.41, 5.74) is 6.87. The Kier molecular flexibility index (Phi) is 4.77. The second kappa shape index (κ2) is 6.92. The van der Waals surface area contributed by atoms with Crippen LogP contribution >= 0.6 is 34.8 Å². The highest BCUT2D eigenvalue weighted by molar-refractivity contribution is 6.35. The first-order chi connectivity index (χ1) is 12.5. The number of benzene rings is 2. The van der Waals surface area contributed by atoms with Crippen LogP contribution in [0, 0.1) is 0 Å². The molecule has 0 amide bonds. The molecule has 1 heterocycles. The molecule has 0 saturated heterocycles. The lowest BCUT2D eigenvalue weighted by Crippen LogP contribution is -2.02. The Morgan fingerprint density at radius 2 is 1.69 bits per heavy atom. The minimum Gasteiger partial charge on any atom is -0.231 e. The highest BCUT2D eigenvalue weighted by atomic mass is 35.5. The zero-order valence-corrected chi connectivity index (χ0v) is 17.0. The summed E-state index contributed by atoms with van der Waals surface area (Å²) in [5, 5.41) is 6.96. The van der Waals surface area contributed by atoms with Crippen LogP contribution in [0.3, 0.4) is 0 Å². The van der Waals surface area contributed by atoms with Gasteiger partial charge in [-0.3, -0.25) is 0 Å². The minimum absolute atomic E-state index is 0.338. The molecule has 0 radical (unpaired) electrons. The minimum atomic E-state index is 0.338. The summed E-state index contributed by atoms with van der Waals surface area (Å²) in [6, 6.07) is 11.7. The molecule has 1 aliphatic rings. The third-order valence-electron chi connectivity index (χ3n) is 4.89. The molecule has 0 saturated carbocycles. The number of nitrogens with zero attached hydrogens (tertiary/aromatic N) is 2. The van der Waals surface area contributed by atoms with E-state index in [2.05, 4.69) is 26.0 Å². The van der Waals surface area contributed by atoms with Gasteiger partial charge in [-0.2, -0.15) is 5.10 Å². The Morgan fingerprint density at radius 1 is 0.962 bits per heavy atom. The lowest BCUT2D eigenvalue weighted by Gasteiger charge is -2.13. The van der Waals surface area contributed by atoms with E-state index in [0.29, 0.717) is 16.0 Å². The van der Waals surface area contributed by atoms with Gasteiger partial charge < -0.3 is 0 Å². The van der Waals surface area contributed by atoms with Crippen LogP contribution in [-0.4, -0.2) is 9.78 Å². The lowest BCUT2D eigenvalue weighted by atomic mass is 9.98. The van der Waals surface area contributed by atoms with Crippen molar-refractivity contribution in [3.63, 3.8) is 0 Å². The lowest BCUT2D eigenvalue weighted by molar-refractivity contribution is 0.749. The van der Waals surface area contributed by atoms with Crippen LogP contribution in [0.1, 0.15) is 43.0 Å². The zero-order chi connectivity index (χ0) is 18.4. The van der Waals surface area contributed by atoms with Gasteiger partial charge in [-0.15, -0.1) is 0 Å². The van der Waals surface area contributed by atoms with Gasteiger partial charge in [-0.25, -0.2) is 4.68 Å². The van der Waals surface area contributed by atoms with Gasteiger partial charge in [0.25, 0.3) is 0 Å². The molecule has 1 aromatic heterocycles. The van der Waals surface area contributed by atoms with Gasteiger partial charge in [0, 0.05) is 21.2 Å². The second-order valence-electron chi connectivity index (χ2n) is 7.03. The van der Waals surface area contributed by atoms with Crippen LogP contribution < -0.4 is 0 Å². The number of aryl methyl sites for hydroxylation is 1. The molecule has 0 spiro atoms. The summed E-state index contributed by atoms with van der Waals surface area (Å²) >= 11 is 18.9. The fourth-order valence-electron chi connectivity index (χ4n) is 3.74. The molecule has 3 aromatic rings. The van der Waals surface area contributed by atoms with Crippen LogP contribution in [0.5, 0.6) is 0 Å². The van der Waals surface area contributed by atoms with Crippen molar-refractivity contribution in [3.8, 4) is 16.9 Å². The summed E-state index contributed by atoms with van der Waals surface area (Å²) in [6.07, 6.45) is 3.09. The predicted octanol–water partition coefficient (Wildman–Crippen LogP) is 7.11. The molecule has 134 valence electrons. The number of hydrogen-bond donors (Lipinski definition) is 0. The smallest absolute Gasteiger partial charge is 0.0840 e.